The molecule has 0 aliphatic rings. The Labute approximate surface area is 147 Å². The van der Waals surface area contributed by atoms with Crippen LogP contribution in [0.1, 0.15) is 33.7 Å². The summed E-state index contributed by atoms with van der Waals surface area (Å²) in [6, 6.07) is 10.1. The number of benzene rings is 1. The summed E-state index contributed by atoms with van der Waals surface area (Å²) in [7, 11) is 0. The number of amides is 1. The third-order valence-electron chi connectivity index (χ3n) is 3.06. The maximum Gasteiger partial charge on any atom is 0.254 e. The number of aromatic nitrogens is 1. The van der Waals surface area contributed by atoms with Gasteiger partial charge in [0.1, 0.15) is 5.56 Å². The Bertz CT molecular complexity index is 660. The van der Waals surface area contributed by atoms with Crippen LogP contribution in [-0.2, 0) is 0 Å². The van der Waals surface area contributed by atoms with E-state index in [1.54, 1.807) is 48.1 Å². The quantitative estimate of drug-likeness (QED) is 0.469. The normalized spacial score (nSPS) is 10.8. The van der Waals surface area contributed by atoms with Gasteiger partial charge in [-0.15, -0.1) is 0 Å². The van der Waals surface area contributed by atoms with E-state index in [0.29, 0.717) is 11.1 Å². The summed E-state index contributed by atoms with van der Waals surface area (Å²) in [5.41, 5.74) is 6.24. The molecule has 118 valence electrons. The summed E-state index contributed by atoms with van der Waals surface area (Å²) in [6.45, 7) is 1.79. The van der Waals surface area contributed by atoms with Crippen LogP contribution in [0.2, 0.25) is 0 Å². The standard InChI is InChI=1S/C15H13BrN2O2.BrH.H2O/c1-10(14(19)11-4-6-13(16)7-5-11)18-8-2-3-12(9-18)15(17)20;;/h2-10H,1H3,(H-,17,20);1H;1H2. The summed E-state index contributed by atoms with van der Waals surface area (Å²) in [6.07, 6.45) is 3.33. The molecule has 0 saturated carbocycles. The molecule has 1 heterocycles. The van der Waals surface area contributed by atoms with Crippen molar-refractivity contribution in [3.05, 3.63) is 64.4 Å². The number of nitrogens with two attached hydrogens (primary N) is 1. The van der Waals surface area contributed by atoms with Crippen LogP contribution in [0.25, 0.3) is 0 Å². The fraction of sp³-hybridized carbons (Fsp3) is 0.133. The van der Waals surface area contributed by atoms with E-state index in [0.717, 1.165) is 4.47 Å². The summed E-state index contributed by atoms with van der Waals surface area (Å²) in [4.78, 5) is 23.6. The molecule has 7 heteroatoms. The first-order valence-electron chi connectivity index (χ1n) is 6.09. The molecular weight excluding hydrogens is 416 g/mol. The zero-order chi connectivity index (χ0) is 14.7. The molecule has 2 rings (SSSR count). The van der Waals surface area contributed by atoms with E-state index in [1.165, 1.54) is 0 Å². The van der Waals surface area contributed by atoms with Crippen molar-refractivity contribution < 1.29 is 36.6 Å². The second-order valence-electron chi connectivity index (χ2n) is 4.45. The number of hydrogen-bond acceptors (Lipinski definition) is 2. The van der Waals surface area contributed by atoms with E-state index in [9.17, 15) is 9.59 Å². The Hall–Kier alpha value is -1.57. The number of Topliss-reactive ketones (excluding diaryl/α,β-unsaturated/α-hetero) is 1. The second kappa shape index (κ2) is 8.77. The van der Waals surface area contributed by atoms with E-state index >= 15 is 0 Å². The number of pyridine rings is 1. The number of nitrogens with zero attached hydrogens (tertiary/aromatic N) is 1. The number of carbonyl (C=O) groups is 2. The first-order valence-corrected chi connectivity index (χ1v) is 6.88. The predicted molar refractivity (Wildman–Crippen MR) is 82.0 cm³/mol. The lowest BCUT2D eigenvalue weighted by atomic mass is 10.1. The molecule has 1 atom stereocenters. The molecule has 0 bridgehead atoms. The summed E-state index contributed by atoms with van der Waals surface area (Å²) >= 11 is 3.33. The van der Waals surface area contributed by atoms with Crippen molar-refractivity contribution in [1.29, 1.82) is 0 Å². The van der Waals surface area contributed by atoms with Gasteiger partial charge in [-0.25, -0.2) is 0 Å². The third kappa shape index (κ3) is 4.72. The van der Waals surface area contributed by atoms with E-state index < -0.39 is 11.9 Å². The maximum absolute atomic E-state index is 12.4. The van der Waals surface area contributed by atoms with Gasteiger partial charge < -0.3 is 28.2 Å². The molecule has 0 spiro atoms. The van der Waals surface area contributed by atoms with Crippen LogP contribution < -0.4 is 27.3 Å². The van der Waals surface area contributed by atoms with Gasteiger partial charge in [-0.3, -0.25) is 9.59 Å². The van der Waals surface area contributed by atoms with Crippen molar-refractivity contribution in [2.24, 2.45) is 5.73 Å². The van der Waals surface area contributed by atoms with Crippen LogP contribution in [0.4, 0.5) is 0 Å². The highest BCUT2D eigenvalue weighted by Crippen LogP contribution is 2.14. The smallest absolute Gasteiger partial charge is 0.254 e. The topological polar surface area (TPSA) is 95.5 Å². The van der Waals surface area contributed by atoms with Gasteiger partial charge in [0.15, 0.2) is 12.4 Å². The van der Waals surface area contributed by atoms with Gasteiger partial charge in [0, 0.05) is 23.0 Å². The van der Waals surface area contributed by atoms with Gasteiger partial charge >= 0.3 is 0 Å². The van der Waals surface area contributed by atoms with Crippen molar-refractivity contribution >= 4 is 27.6 Å². The first kappa shape index (κ1) is 20.4. The minimum absolute atomic E-state index is 0. The number of rotatable bonds is 4. The SMILES string of the molecule is CC(C(=O)c1ccc(Br)cc1)[n+]1cccc(C(N)=O)c1.O.[Br-]. The molecule has 0 saturated heterocycles. The Morgan fingerprint density at radius 2 is 1.73 bits per heavy atom. The van der Waals surface area contributed by atoms with Gasteiger partial charge in [0.25, 0.3) is 5.91 Å². The van der Waals surface area contributed by atoms with Gasteiger partial charge in [0.2, 0.25) is 11.8 Å². The number of ketones is 1. The van der Waals surface area contributed by atoms with Crippen LogP contribution in [0.3, 0.4) is 0 Å². The number of carbonyl (C=O) groups excluding carboxylic acids is 2. The van der Waals surface area contributed by atoms with Crippen LogP contribution in [-0.4, -0.2) is 17.2 Å². The Balaban J connectivity index is 0.00000220. The minimum atomic E-state index is -0.511. The summed E-state index contributed by atoms with van der Waals surface area (Å²) in [5.74, 6) is -0.535. The van der Waals surface area contributed by atoms with Gasteiger partial charge in [-0.2, -0.15) is 4.57 Å². The highest BCUT2D eigenvalue weighted by atomic mass is 79.9. The van der Waals surface area contributed by atoms with E-state index in [1.807, 2.05) is 12.1 Å². The van der Waals surface area contributed by atoms with Crippen molar-refractivity contribution in [2.75, 3.05) is 0 Å². The molecule has 1 aromatic carbocycles. The molecule has 4 N–H and O–H groups in total. The molecule has 0 aliphatic heterocycles. The molecule has 2 aromatic rings. The second-order valence-corrected chi connectivity index (χ2v) is 5.37. The third-order valence-corrected chi connectivity index (χ3v) is 3.59. The van der Waals surface area contributed by atoms with Crippen molar-refractivity contribution in [3.8, 4) is 0 Å². The molecule has 0 fully saturated rings. The molecule has 1 unspecified atom stereocenters. The molecule has 22 heavy (non-hydrogen) atoms. The number of hydrogen-bond donors (Lipinski definition) is 1. The molecule has 5 nitrogen and oxygen atoms in total. The van der Waals surface area contributed by atoms with E-state index in [2.05, 4.69) is 15.9 Å². The van der Waals surface area contributed by atoms with Crippen LogP contribution >= 0.6 is 15.9 Å². The largest absolute Gasteiger partial charge is 1.00 e. The number of primary amides is 1. The fourth-order valence-corrected chi connectivity index (χ4v) is 2.13. The van der Waals surface area contributed by atoms with Crippen molar-refractivity contribution in [3.63, 3.8) is 0 Å². The molecule has 1 amide bonds. The monoisotopic (exact) mass is 430 g/mol. The lowest BCUT2D eigenvalue weighted by Crippen LogP contribution is -3.00. The zero-order valence-corrected chi connectivity index (χ0v) is 15.0. The first-order chi connectivity index (χ1) is 9.49. The number of halogens is 2. The average Bonchev–Trinajstić information content (AvgIpc) is 2.46. The van der Waals surface area contributed by atoms with Crippen LogP contribution in [0.5, 0.6) is 0 Å². The lowest BCUT2D eigenvalue weighted by molar-refractivity contribution is -0.704. The highest BCUT2D eigenvalue weighted by Gasteiger charge is 2.24. The Morgan fingerprint density at radius 1 is 1.14 bits per heavy atom. The predicted octanol–water partition coefficient (Wildman–Crippen LogP) is -1.54. The lowest BCUT2D eigenvalue weighted by Gasteiger charge is -2.07. The van der Waals surface area contributed by atoms with Crippen molar-refractivity contribution in [2.45, 2.75) is 13.0 Å². The Morgan fingerprint density at radius 3 is 2.27 bits per heavy atom. The van der Waals surface area contributed by atoms with Gasteiger partial charge in [-0.05, 0) is 18.2 Å². The molecule has 0 aliphatic carbocycles. The average molecular weight is 432 g/mol. The minimum Gasteiger partial charge on any atom is -1.00 e. The molecular formula is C15H16Br2N2O3. The molecule has 0 radical (unpaired) electrons. The van der Waals surface area contributed by atoms with E-state index in [4.69, 9.17) is 5.73 Å². The highest BCUT2D eigenvalue weighted by molar-refractivity contribution is 9.10. The Kier molecular flexibility index (Phi) is 8.15. The van der Waals surface area contributed by atoms with E-state index in [-0.39, 0.29) is 28.2 Å². The van der Waals surface area contributed by atoms with Crippen LogP contribution in [0.15, 0.2) is 53.3 Å². The fourth-order valence-electron chi connectivity index (χ4n) is 1.87. The van der Waals surface area contributed by atoms with Gasteiger partial charge in [0.05, 0.1) is 0 Å². The van der Waals surface area contributed by atoms with Crippen molar-refractivity contribution in [1.82, 2.24) is 0 Å². The summed E-state index contributed by atoms with van der Waals surface area (Å²) in [5, 5.41) is 0. The molecule has 1 aromatic heterocycles. The maximum atomic E-state index is 12.4. The zero-order valence-electron chi connectivity index (χ0n) is 11.8. The van der Waals surface area contributed by atoms with Crippen LogP contribution in [0, 0.1) is 0 Å². The summed E-state index contributed by atoms with van der Waals surface area (Å²) < 4.78 is 2.61. The van der Waals surface area contributed by atoms with Gasteiger partial charge in [-0.1, -0.05) is 28.1 Å².